The third-order valence-electron chi connectivity index (χ3n) is 5.81. The van der Waals surface area contributed by atoms with E-state index < -0.39 is 0 Å². The van der Waals surface area contributed by atoms with E-state index in [1.807, 2.05) is 35.2 Å². The number of piperidine rings is 1. The molecule has 1 saturated heterocycles. The number of amides is 1. The Bertz CT molecular complexity index is 963. The number of carbonyl (C=O) groups excluding carboxylic acids is 1. The van der Waals surface area contributed by atoms with E-state index in [9.17, 15) is 4.79 Å². The average Bonchev–Trinajstić information content (AvgIpc) is 3.25. The van der Waals surface area contributed by atoms with Gasteiger partial charge in [0.1, 0.15) is 12.3 Å². The number of aryl methyl sites for hydroxylation is 2. The molecule has 0 bridgehead atoms. The van der Waals surface area contributed by atoms with Gasteiger partial charge in [0.25, 0.3) is 0 Å². The molecule has 1 amide bonds. The number of tetrazole rings is 1. The van der Waals surface area contributed by atoms with E-state index in [2.05, 4.69) is 46.6 Å². The van der Waals surface area contributed by atoms with Gasteiger partial charge in [-0.2, -0.15) is 4.80 Å². The zero-order valence-corrected chi connectivity index (χ0v) is 18.0. The standard InChI is InChI=1S/C24H29N5O2/c1-19-7-9-20(10-8-19)11-12-21-13-15-28(16-14-21)24(30)17-29-26-23(25-27-29)18-31-22-5-3-2-4-6-22/h2-10,21H,11-18H2,1H3. The summed E-state index contributed by atoms with van der Waals surface area (Å²) in [5.41, 5.74) is 2.70. The predicted molar refractivity (Wildman–Crippen MR) is 117 cm³/mol. The van der Waals surface area contributed by atoms with Crippen LogP contribution < -0.4 is 4.74 Å². The maximum atomic E-state index is 12.6. The molecule has 3 aromatic rings. The summed E-state index contributed by atoms with van der Waals surface area (Å²) in [7, 11) is 0. The third kappa shape index (κ3) is 6.13. The zero-order valence-electron chi connectivity index (χ0n) is 18.0. The predicted octanol–water partition coefficient (Wildman–Crippen LogP) is 3.43. The van der Waals surface area contributed by atoms with E-state index in [1.165, 1.54) is 22.3 Å². The fourth-order valence-corrected chi connectivity index (χ4v) is 3.88. The van der Waals surface area contributed by atoms with Crippen molar-refractivity contribution < 1.29 is 9.53 Å². The molecule has 31 heavy (non-hydrogen) atoms. The Kier molecular flexibility index (Phi) is 6.92. The van der Waals surface area contributed by atoms with Crippen LogP contribution in [0, 0.1) is 12.8 Å². The van der Waals surface area contributed by atoms with Crippen LogP contribution in [0.15, 0.2) is 54.6 Å². The number of likely N-dealkylation sites (tertiary alicyclic amines) is 1. The summed E-state index contributed by atoms with van der Waals surface area (Å²) in [5, 5.41) is 12.2. The largest absolute Gasteiger partial charge is 0.485 e. The highest BCUT2D eigenvalue weighted by atomic mass is 16.5. The Morgan fingerprint density at radius 2 is 1.81 bits per heavy atom. The Morgan fingerprint density at radius 3 is 2.55 bits per heavy atom. The molecular weight excluding hydrogens is 390 g/mol. The molecule has 7 heteroatoms. The Labute approximate surface area is 183 Å². The van der Waals surface area contributed by atoms with Crippen LogP contribution in [0.5, 0.6) is 5.75 Å². The van der Waals surface area contributed by atoms with Crippen LogP contribution in [-0.4, -0.2) is 44.1 Å². The lowest BCUT2D eigenvalue weighted by molar-refractivity contribution is -0.133. The summed E-state index contributed by atoms with van der Waals surface area (Å²) >= 11 is 0. The van der Waals surface area contributed by atoms with Gasteiger partial charge in [0.15, 0.2) is 6.61 Å². The molecule has 7 nitrogen and oxygen atoms in total. The summed E-state index contributed by atoms with van der Waals surface area (Å²) in [6.07, 6.45) is 4.40. The van der Waals surface area contributed by atoms with Crippen LogP contribution in [0.1, 0.15) is 36.2 Å². The topological polar surface area (TPSA) is 73.1 Å². The van der Waals surface area contributed by atoms with Crippen molar-refractivity contribution in [2.24, 2.45) is 5.92 Å². The average molecular weight is 420 g/mol. The summed E-state index contributed by atoms with van der Waals surface area (Å²) in [6, 6.07) is 18.3. The number of rotatable bonds is 8. The lowest BCUT2D eigenvalue weighted by Crippen LogP contribution is -2.40. The van der Waals surface area contributed by atoms with Gasteiger partial charge in [0.2, 0.25) is 11.7 Å². The van der Waals surface area contributed by atoms with Crippen LogP contribution in [0.2, 0.25) is 0 Å². The summed E-state index contributed by atoms with van der Waals surface area (Å²) in [4.78, 5) is 15.9. The molecule has 1 aliphatic rings. The van der Waals surface area contributed by atoms with Gasteiger partial charge in [-0.3, -0.25) is 4.79 Å². The van der Waals surface area contributed by atoms with E-state index >= 15 is 0 Å². The van der Waals surface area contributed by atoms with Gasteiger partial charge in [0, 0.05) is 13.1 Å². The van der Waals surface area contributed by atoms with Gasteiger partial charge in [-0.05, 0) is 61.4 Å². The first-order valence-corrected chi connectivity index (χ1v) is 10.9. The Morgan fingerprint density at radius 1 is 1.06 bits per heavy atom. The molecule has 0 saturated carbocycles. The maximum absolute atomic E-state index is 12.6. The fourth-order valence-electron chi connectivity index (χ4n) is 3.88. The fraction of sp³-hybridized carbons (Fsp3) is 0.417. The van der Waals surface area contributed by atoms with Crippen LogP contribution in [-0.2, 0) is 24.4 Å². The van der Waals surface area contributed by atoms with Crippen molar-refractivity contribution in [3.63, 3.8) is 0 Å². The first-order valence-electron chi connectivity index (χ1n) is 10.9. The van der Waals surface area contributed by atoms with E-state index in [-0.39, 0.29) is 19.1 Å². The van der Waals surface area contributed by atoms with Crippen molar-refractivity contribution in [2.45, 2.75) is 45.8 Å². The van der Waals surface area contributed by atoms with Gasteiger partial charge in [0.05, 0.1) is 0 Å². The van der Waals surface area contributed by atoms with Crippen LogP contribution in [0.25, 0.3) is 0 Å². The number of aromatic nitrogens is 4. The van der Waals surface area contributed by atoms with Gasteiger partial charge < -0.3 is 9.64 Å². The van der Waals surface area contributed by atoms with Gasteiger partial charge >= 0.3 is 0 Å². The molecule has 1 aromatic heterocycles. The summed E-state index contributed by atoms with van der Waals surface area (Å²) < 4.78 is 5.63. The molecule has 0 atom stereocenters. The SMILES string of the molecule is Cc1ccc(CCC2CCN(C(=O)Cn3nnc(COc4ccccc4)n3)CC2)cc1. The highest BCUT2D eigenvalue weighted by Crippen LogP contribution is 2.23. The molecule has 0 aliphatic carbocycles. The molecule has 4 rings (SSSR count). The first kappa shape index (κ1) is 21.0. The molecule has 1 aliphatic heterocycles. The minimum atomic E-state index is 0.0462. The van der Waals surface area contributed by atoms with Crippen LogP contribution in [0.4, 0.5) is 0 Å². The minimum absolute atomic E-state index is 0.0462. The summed E-state index contributed by atoms with van der Waals surface area (Å²) in [6.45, 7) is 4.06. The molecule has 0 spiro atoms. The monoisotopic (exact) mass is 419 g/mol. The lowest BCUT2D eigenvalue weighted by atomic mass is 9.90. The maximum Gasteiger partial charge on any atom is 0.246 e. The highest BCUT2D eigenvalue weighted by molar-refractivity contribution is 5.75. The van der Waals surface area contributed by atoms with Crippen molar-refractivity contribution in [3.8, 4) is 5.75 Å². The molecule has 162 valence electrons. The number of carbonyl (C=O) groups is 1. The van der Waals surface area contributed by atoms with Gasteiger partial charge in [-0.25, -0.2) is 0 Å². The van der Waals surface area contributed by atoms with Crippen molar-refractivity contribution in [1.29, 1.82) is 0 Å². The first-order chi connectivity index (χ1) is 15.2. The second-order valence-electron chi connectivity index (χ2n) is 8.19. The second-order valence-corrected chi connectivity index (χ2v) is 8.19. The van der Waals surface area contributed by atoms with Gasteiger partial charge in [-0.15, -0.1) is 10.2 Å². The second kappa shape index (κ2) is 10.2. The molecule has 0 unspecified atom stereocenters. The molecule has 0 N–H and O–H groups in total. The quantitative estimate of drug-likeness (QED) is 0.559. The van der Waals surface area contributed by atoms with E-state index in [1.54, 1.807) is 0 Å². The molecule has 0 radical (unpaired) electrons. The highest BCUT2D eigenvalue weighted by Gasteiger charge is 2.23. The number of hydrogen-bond donors (Lipinski definition) is 0. The Hall–Kier alpha value is -3.22. The normalized spacial score (nSPS) is 14.5. The van der Waals surface area contributed by atoms with Crippen LogP contribution in [0.3, 0.4) is 0 Å². The molecule has 2 heterocycles. The zero-order chi connectivity index (χ0) is 21.5. The number of para-hydroxylation sites is 1. The van der Waals surface area contributed by atoms with Crippen molar-refractivity contribution >= 4 is 5.91 Å². The molecular formula is C24H29N5O2. The number of benzene rings is 2. The van der Waals surface area contributed by atoms with E-state index in [4.69, 9.17) is 4.74 Å². The van der Waals surface area contributed by atoms with Crippen molar-refractivity contribution in [1.82, 2.24) is 25.1 Å². The number of nitrogens with zero attached hydrogens (tertiary/aromatic N) is 5. The number of hydrogen-bond acceptors (Lipinski definition) is 5. The lowest BCUT2D eigenvalue weighted by Gasteiger charge is -2.32. The molecule has 2 aromatic carbocycles. The van der Waals surface area contributed by atoms with Crippen molar-refractivity contribution in [3.05, 3.63) is 71.5 Å². The Balaban J connectivity index is 1.18. The summed E-state index contributed by atoms with van der Waals surface area (Å²) in [5.74, 6) is 1.94. The van der Waals surface area contributed by atoms with E-state index in [0.29, 0.717) is 11.7 Å². The molecule has 1 fully saturated rings. The third-order valence-corrected chi connectivity index (χ3v) is 5.81. The van der Waals surface area contributed by atoms with Crippen LogP contribution >= 0.6 is 0 Å². The number of ether oxygens (including phenoxy) is 1. The van der Waals surface area contributed by atoms with E-state index in [0.717, 1.165) is 38.1 Å². The minimum Gasteiger partial charge on any atom is -0.485 e. The van der Waals surface area contributed by atoms with Gasteiger partial charge in [-0.1, -0.05) is 48.0 Å². The van der Waals surface area contributed by atoms with Crippen molar-refractivity contribution in [2.75, 3.05) is 13.1 Å². The smallest absolute Gasteiger partial charge is 0.246 e.